The third-order valence-corrected chi connectivity index (χ3v) is 3.60. The molecule has 0 spiro atoms. The fourth-order valence-corrected chi connectivity index (χ4v) is 3.07. The molecule has 4 heteroatoms. The van der Waals surface area contributed by atoms with Gasteiger partial charge in [0.15, 0.2) is 0 Å². The molecule has 13 heavy (non-hydrogen) atoms. The second kappa shape index (κ2) is 3.90. The van der Waals surface area contributed by atoms with Crippen LogP contribution in [0.4, 0.5) is 0 Å². The quantitative estimate of drug-likeness (QED) is 0.713. The Morgan fingerprint density at radius 3 is 2.77 bits per heavy atom. The molecule has 2 aromatic heterocycles. The Morgan fingerprint density at radius 2 is 2.15 bits per heavy atom. The van der Waals surface area contributed by atoms with E-state index in [1.54, 1.807) is 11.3 Å². The SMILES string of the molecule is Brc1cc(Br)c(-c2cccs2)cn1. The number of hydrogen-bond donors (Lipinski definition) is 0. The van der Waals surface area contributed by atoms with Gasteiger partial charge in [-0.3, -0.25) is 0 Å². The number of rotatable bonds is 1. The number of aromatic nitrogens is 1. The lowest BCUT2D eigenvalue weighted by atomic mass is 10.2. The smallest absolute Gasteiger partial charge is 0.107 e. The van der Waals surface area contributed by atoms with Gasteiger partial charge in [0.1, 0.15) is 4.60 Å². The lowest BCUT2D eigenvalue weighted by Gasteiger charge is -2.00. The fraction of sp³-hybridized carbons (Fsp3) is 0. The van der Waals surface area contributed by atoms with E-state index < -0.39 is 0 Å². The van der Waals surface area contributed by atoms with Crippen LogP contribution in [0.15, 0.2) is 38.9 Å². The fourth-order valence-electron chi connectivity index (χ4n) is 1.02. The maximum absolute atomic E-state index is 4.19. The number of pyridine rings is 1. The standard InChI is InChI=1S/C9H5Br2NS/c10-7-4-9(11)12-5-6(7)8-2-1-3-13-8/h1-5H. The Bertz CT molecular complexity index is 412. The Balaban J connectivity index is 2.53. The highest BCUT2D eigenvalue weighted by Crippen LogP contribution is 2.31. The number of hydrogen-bond acceptors (Lipinski definition) is 2. The summed E-state index contributed by atoms with van der Waals surface area (Å²) in [7, 11) is 0. The molecule has 0 saturated carbocycles. The van der Waals surface area contributed by atoms with Crippen molar-refractivity contribution in [3.8, 4) is 10.4 Å². The van der Waals surface area contributed by atoms with Gasteiger partial charge in [-0.1, -0.05) is 6.07 Å². The molecule has 0 aromatic carbocycles. The second-order valence-electron chi connectivity index (χ2n) is 2.46. The largest absolute Gasteiger partial charge is 0.249 e. The minimum atomic E-state index is 0.847. The third kappa shape index (κ3) is 2.00. The summed E-state index contributed by atoms with van der Waals surface area (Å²) in [5, 5.41) is 2.06. The van der Waals surface area contributed by atoms with E-state index in [2.05, 4.69) is 48.3 Å². The Kier molecular flexibility index (Phi) is 2.81. The van der Waals surface area contributed by atoms with Crippen molar-refractivity contribution in [3.05, 3.63) is 38.9 Å². The molecule has 1 nitrogen and oxygen atoms in total. The van der Waals surface area contributed by atoms with Crippen molar-refractivity contribution < 1.29 is 0 Å². The van der Waals surface area contributed by atoms with E-state index in [-0.39, 0.29) is 0 Å². The molecular weight excluding hydrogens is 314 g/mol. The van der Waals surface area contributed by atoms with Crippen molar-refractivity contribution in [1.29, 1.82) is 0 Å². The van der Waals surface area contributed by atoms with E-state index >= 15 is 0 Å². The van der Waals surface area contributed by atoms with Crippen LogP contribution in [-0.4, -0.2) is 4.98 Å². The molecule has 2 heterocycles. The maximum Gasteiger partial charge on any atom is 0.107 e. The summed E-state index contributed by atoms with van der Waals surface area (Å²) >= 11 is 8.54. The van der Waals surface area contributed by atoms with Crippen molar-refractivity contribution in [2.75, 3.05) is 0 Å². The molecule has 0 bridgehead atoms. The van der Waals surface area contributed by atoms with Crippen LogP contribution in [0.3, 0.4) is 0 Å². The monoisotopic (exact) mass is 317 g/mol. The predicted octanol–water partition coefficient (Wildman–Crippen LogP) is 4.34. The summed E-state index contributed by atoms with van der Waals surface area (Å²) in [5.74, 6) is 0. The molecule has 0 atom stereocenters. The van der Waals surface area contributed by atoms with Crippen molar-refractivity contribution in [2.45, 2.75) is 0 Å². The molecule has 2 aromatic rings. The van der Waals surface area contributed by atoms with Crippen LogP contribution in [0.25, 0.3) is 10.4 Å². The summed E-state index contributed by atoms with van der Waals surface area (Å²) < 4.78 is 1.91. The van der Waals surface area contributed by atoms with Crippen molar-refractivity contribution in [1.82, 2.24) is 4.98 Å². The molecule has 0 fully saturated rings. The minimum absolute atomic E-state index is 0.847. The molecular formula is C9H5Br2NS. The van der Waals surface area contributed by atoms with E-state index in [0.717, 1.165) is 14.6 Å². The average molecular weight is 319 g/mol. The van der Waals surface area contributed by atoms with Gasteiger partial charge >= 0.3 is 0 Å². The number of halogens is 2. The zero-order chi connectivity index (χ0) is 9.26. The van der Waals surface area contributed by atoms with Gasteiger partial charge in [0.25, 0.3) is 0 Å². The first-order chi connectivity index (χ1) is 6.27. The zero-order valence-electron chi connectivity index (χ0n) is 6.50. The Hall–Kier alpha value is -0.190. The van der Waals surface area contributed by atoms with Crippen LogP contribution in [0.1, 0.15) is 0 Å². The first kappa shape index (κ1) is 9.37. The van der Waals surface area contributed by atoms with Crippen LogP contribution < -0.4 is 0 Å². The van der Waals surface area contributed by atoms with Gasteiger partial charge in [-0.15, -0.1) is 11.3 Å². The molecule has 0 radical (unpaired) electrons. The van der Waals surface area contributed by atoms with Crippen LogP contribution in [-0.2, 0) is 0 Å². The normalized spacial score (nSPS) is 10.3. The molecule has 0 N–H and O–H groups in total. The Labute approximate surface area is 97.1 Å². The topological polar surface area (TPSA) is 12.9 Å². The van der Waals surface area contributed by atoms with Crippen LogP contribution >= 0.6 is 43.2 Å². The van der Waals surface area contributed by atoms with Gasteiger partial charge < -0.3 is 0 Å². The summed E-state index contributed by atoms with van der Waals surface area (Å²) in [6.07, 6.45) is 1.86. The van der Waals surface area contributed by atoms with Gasteiger partial charge in [0.2, 0.25) is 0 Å². The molecule has 0 aliphatic heterocycles. The van der Waals surface area contributed by atoms with E-state index in [0.29, 0.717) is 0 Å². The van der Waals surface area contributed by atoms with E-state index in [9.17, 15) is 0 Å². The van der Waals surface area contributed by atoms with Crippen molar-refractivity contribution in [2.24, 2.45) is 0 Å². The maximum atomic E-state index is 4.19. The van der Waals surface area contributed by atoms with Crippen LogP contribution in [0.2, 0.25) is 0 Å². The summed E-state index contributed by atoms with van der Waals surface area (Å²) in [6.45, 7) is 0. The zero-order valence-corrected chi connectivity index (χ0v) is 10.5. The number of thiophene rings is 1. The third-order valence-electron chi connectivity index (χ3n) is 1.61. The molecule has 0 saturated heterocycles. The highest BCUT2D eigenvalue weighted by Gasteiger charge is 2.04. The molecule has 2 rings (SSSR count). The molecule has 0 aliphatic carbocycles. The average Bonchev–Trinajstić information content (AvgIpc) is 2.56. The Morgan fingerprint density at radius 1 is 1.31 bits per heavy atom. The first-order valence-corrected chi connectivity index (χ1v) is 6.09. The molecule has 0 amide bonds. The highest BCUT2D eigenvalue weighted by molar-refractivity contribution is 9.11. The minimum Gasteiger partial charge on any atom is -0.249 e. The molecule has 0 unspecified atom stereocenters. The lowest BCUT2D eigenvalue weighted by Crippen LogP contribution is -1.79. The van der Waals surface area contributed by atoms with Gasteiger partial charge in [0, 0.05) is 21.1 Å². The van der Waals surface area contributed by atoms with Crippen molar-refractivity contribution >= 4 is 43.2 Å². The predicted molar refractivity (Wildman–Crippen MR) is 63.0 cm³/mol. The molecule has 0 aliphatic rings. The summed E-state index contributed by atoms with van der Waals surface area (Å²) in [4.78, 5) is 5.42. The first-order valence-electron chi connectivity index (χ1n) is 3.62. The summed E-state index contributed by atoms with van der Waals surface area (Å²) in [5.41, 5.74) is 1.14. The molecule has 66 valence electrons. The van der Waals surface area contributed by atoms with Crippen LogP contribution in [0.5, 0.6) is 0 Å². The number of nitrogens with zero attached hydrogens (tertiary/aromatic N) is 1. The van der Waals surface area contributed by atoms with Gasteiger partial charge in [-0.2, -0.15) is 0 Å². The lowest BCUT2D eigenvalue weighted by molar-refractivity contribution is 1.27. The highest BCUT2D eigenvalue weighted by atomic mass is 79.9. The van der Waals surface area contributed by atoms with Crippen LogP contribution in [0, 0.1) is 0 Å². The summed E-state index contributed by atoms with van der Waals surface area (Å²) in [6, 6.07) is 6.07. The van der Waals surface area contributed by atoms with E-state index in [4.69, 9.17) is 0 Å². The van der Waals surface area contributed by atoms with Gasteiger partial charge in [-0.05, 0) is 49.4 Å². The van der Waals surface area contributed by atoms with Crippen molar-refractivity contribution in [3.63, 3.8) is 0 Å². The van der Waals surface area contributed by atoms with E-state index in [1.165, 1.54) is 4.88 Å². The van der Waals surface area contributed by atoms with E-state index in [1.807, 2.05) is 18.3 Å². The van der Waals surface area contributed by atoms with Gasteiger partial charge in [-0.25, -0.2) is 4.98 Å². The second-order valence-corrected chi connectivity index (χ2v) is 5.08. The van der Waals surface area contributed by atoms with Gasteiger partial charge in [0.05, 0.1) is 0 Å².